The van der Waals surface area contributed by atoms with Crippen LogP contribution in [-0.2, 0) is 0 Å². The molecule has 0 fully saturated rings. The minimum atomic E-state index is -1.41. The second-order valence-corrected chi connectivity index (χ2v) is 4.89. The van der Waals surface area contributed by atoms with Crippen molar-refractivity contribution in [2.24, 2.45) is 0 Å². The molecule has 0 aliphatic carbocycles. The fraction of sp³-hybridized carbons (Fsp3) is 0. The summed E-state index contributed by atoms with van der Waals surface area (Å²) in [5, 5.41) is 26.9. The first-order valence-electron chi connectivity index (χ1n) is 6.65. The number of hydrogen-bond acceptors (Lipinski definition) is 6. The number of hydrogen-bond donors (Lipinski definition) is 4. The van der Waals surface area contributed by atoms with Crippen LogP contribution in [0, 0.1) is 0 Å². The Morgan fingerprint density at radius 2 is 1.08 bits per heavy atom. The molecule has 0 atom stereocenters. The summed E-state index contributed by atoms with van der Waals surface area (Å²) in [5.74, 6) is -5.45. The Morgan fingerprint density at radius 1 is 0.680 bits per heavy atom. The monoisotopic (exact) mass is 345 g/mol. The number of rotatable bonds is 5. The number of ether oxygens (including phenoxy) is 1. The number of nitrogen functional groups attached to an aromatic ring is 1. The van der Waals surface area contributed by atoms with Crippen molar-refractivity contribution in [2.45, 2.75) is 0 Å². The lowest BCUT2D eigenvalue weighted by Gasteiger charge is -2.08. The lowest BCUT2D eigenvalue weighted by atomic mass is 10.1. The number of carboxylic acids is 3. The van der Waals surface area contributed by atoms with Gasteiger partial charge in [-0.1, -0.05) is 0 Å². The van der Waals surface area contributed by atoms with Gasteiger partial charge in [-0.15, -0.1) is 0 Å². The molecule has 2 aromatic carbocycles. The quantitative estimate of drug-likeness (QED) is 0.357. The largest absolute Gasteiger partial charge is 0.478 e. The third-order valence-corrected chi connectivity index (χ3v) is 3.05. The van der Waals surface area contributed by atoms with Crippen LogP contribution >= 0.6 is 0 Å². The highest BCUT2D eigenvalue weighted by molar-refractivity contribution is 5.98. The van der Waals surface area contributed by atoms with Gasteiger partial charge in [-0.25, -0.2) is 19.2 Å². The molecule has 0 aliphatic heterocycles. The first-order chi connectivity index (χ1) is 11.7. The Balaban J connectivity index is 2.39. The number of carbonyl (C=O) groups is 4. The molecule has 5 N–H and O–H groups in total. The van der Waals surface area contributed by atoms with Crippen LogP contribution in [0.15, 0.2) is 36.4 Å². The number of carbonyl (C=O) groups excluding carboxylic acids is 1. The second kappa shape index (κ2) is 6.71. The summed E-state index contributed by atoms with van der Waals surface area (Å²) < 4.78 is 4.96. The van der Waals surface area contributed by atoms with Crippen LogP contribution in [0.4, 0.5) is 5.69 Å². The van der Waals surface area contributed by atoms with E-state index in [9.17, 15) is 19.2 Å². The summed E-state index contributed by atoms with van der Waals surface area (Å²) >= 11 is 0. The van der Waals surface area contributed by atoms with Crippen molar-refractivity contribution in [2.75, 3.05) is 5.73 Å². The summed E-state index contributed by atoms with van der Waals surface area (Å²) in [4.78, 5) is 45.2. The molecule has 9 heteroatoms. The van der Waals surface area contributed by atoms with E-state index < -0.39 is 23.9 Å². The maximum Gasteiger partial charge on any atom is 0.343 e. The van der Waals surface area contributed by atoms with Crippen LogP contribution in [0.25, 0.3) is 0 Å². The van der Waals surface area contributed by atoms with Crippen molar-refractivity contribution in [1.82, 2.24) is 0 Å². The van der Waals surface area contributed by atoms with Gasteiger partial charge in [-0.2, -0.15) is 0 Å². The first-order valence-corrected chi connectivity index (χ1v) is 6.65. The molecule has 25 heavy (non-hydrogen) atoms. The fourth-order valence-electron chi connectivity index (χ4n) is 1.96. The van der Waals surface area contributed by atoms with E-state index in [1.165, 1.54) is 6.07 Å². The van der Waals surface area contributed by atoms with Crippen molar-refractivity contribution in [1.29, 1.82) is 0 Å². The average Bonchev–Trinajstić information content (AvgIpc) is 2.53. The summed E-state index contributed by atoms with van der Waals surface area (Å²) in [6, 6.07) is 6.19. The summed E-state index contributed by atoms with van der Waals surface area (Å²) in [6.45, 7) is 0. The van der Waals surface area contributed by atoms with Crippen LogP contribution < -0.4 is 10.5 Å². The van der Waals surface area contributed by atoms with E-state index in [0.717, 1.165) is 30.3 Å². The normalized spacial score (nSPS) is 10.1. The molecule has 0 amide bonds. The van der Waals surface area contributed by atoms with Crippen molar-refractivity contribution in [3.8, 4) is 5.75 Å². The molecule has 0 saturated heterocycles. The molecule has 0 heterocycles. The highest BCUT2D eigenvalue weighted by Crippen LogP contribution is 2.20. The fourth-order valence-corrected chi connectivity index (χ4v) is 1.96. The predicted molar refractivity (Wildman–Crippen MR) is 83.1 cm³/mol. The smallest absolute Gasteiger partial charge is 0.343 e. The number of carboxylic acid groups (broad SMARTS) is 3. The maximum absolute atomic E-state index is 12.1. The molecule has 0 saturated carbocycles. The first kappa shape index (κ1) is 17.5. The zero-order valence-corrected chi connectivity index (χ0v) is 12.4. The molecule has 0 aromatic heterocycles. The number of anilines is 1. The van der Waals surface area contributed by atoms with E-state index in [2.05, 4.69) is 0 Å². The van der Waals surface area contributed by atoms with Gasteiger partial charge in [0.2, 0.25) is 0 Å². The summed E-state index contributed by atoms with van der Waals surface area (Å²) in [5.41, 5.74) is 4.34. The Labute approximate surface area is 139 Å². The van der Waals surface area contributed by atoms with Crippen LogP contribution in [-0.4, -0.2) is 39.2 Å². The Kier molecular flexibility index (Phi) is 4.69. The highest BCUT2D eigenvalue weighted by atomic mass is 16.5. The summed E-state index contributed by atoms with van der Waals surface area (Å²) in [6.07, 6.45) is 0. The van der Waals surface area contributed by atoms with Crippen molar-refractivity contribution in [3.63, 3.8) is 0 Å². The van der Waals surface area contributed by atoms with E-state index in [4.69, 9.17) is 25.8 Å². The van der Waals surface area contributed by atoms with Gasteiger partial charge in [0, 0.05) is 5.69 Å². The summed E-state index contributed by atoms with van der Waals surface area (Å²) in [7, 11) is 0. The lowest BCUT2D eigenvalue weighted by molar-refractivity contribution is 0.0673. The second-order valence-electron chi connectivity index (χ2n) is 4.89. The average molecular weight is 345 g/mol. The molecular formula is C16H11NO8. The van der Waals surface area contributed by atoms with E-state index in [0.29, 0.717) is 0 Å². The molecule has 0 bridgehead atoms. The van der Waals surface area contributed by atoms with Gasteiger partial charge in [0.05, 0.1) is 22.3 Å². The Bertz CT molecular complexity index is 871. The SMILES string of the molecule is Nc1cc(C(=O)O)cc(C(=O)Oc2cc(C(=O)O)cc(C(=O)O)c2)c1. The Hall–Kier alpha value is -3.88. The van der Waals surface area contributed by atoms with Gasteiger partial charge in [0.15, 0.2) is 0 Å². The topological polar surface area (TPSA) is 164 Å². The molecule has 128 valence electrons. The van der Waals surface area contributed by atoms with Gasteiger partial charge < -0.3 is 25.8 Å². The zero-order valence-electron chi connectivity index (χ0n) is 12.4. The maximum atomic E-state index is 12.1. The van der Waals surface area contributed by atoms with Gasteiger partial charge in [-0.3, -0.25) is 0 Å². The van der Waals surface area contributed by atoms with Crippen molar-refractivity contribution in [3.05, 3.63) is 58.7 Å². The van der Waals surface area contributed by atoms with Gasteiger partial charge in [0.1, 0.15) is 5.75 Å². The minimum absolute atomic E-state index is 0.0114. The number of nitrogens with two attached hydrogens (primary N) is 1. The minimum Gasteiger partial charge on any atom is -0.478 e. The van der Waals surface area contributed by atoms with E-state index >= 15 is 0 Å². The van der Waals surface area contributed by atoms with E-state index in [1.54, 1.807) is 0 Å². The number of benzene rings is 2. The van der Waals surface area contributed by atoms with Gasteiger partial charge >= 0.3 is 23.9 Å². The van der Waals surface area contributed by atoms with E-state index in [-0.39, 0.29) is 33.7 Å². The van der Waals surface area contributed by atoms with Crippen LogP contribution in [0.2, 0.25) is 0 Å². The molecule has 0 unspecified atom stereocenters. The third-order valence-electron chi connectivity index (χ3n) is 3.05. The standard InChI is InChI=1S/C16H11NO8/c17-11-3-7(13(18)19)2-10(4-11)16(24)25-12-5-8(14(20)21)1-9(6-12)15(22)23/h1-6H,17H2,(H,18,19)(H,20,21)(H,22,23). The van der Waals surface area contributed by atoms with Crippen LogP contribution in [0.3, 0.4) is 0 Å². The predicted octanol–water partition coefficient (Wildman–Crippen LogP) is 1.58. The van der Waals surface area contributed by atoms with Gasteiger partial charge in [0.25, 0.3) is 0 Å². The van der Waals surface area contributed by atoms with Crippen LogP contribution in [0.5, 0.6) is 5.75 Å². The molecule has 0 spiro atoms. The molecule has 2 rings (SSSR count). The van der Waals surface area contributed by atoms with Crippen molar-refractivity contribution >= 4 is 29.6 Å². The lowest BCUT2D eigenvalue weighted by Crippen LogP contribution is -2.12. The molecule has 9 nitrogen and oxygen atoms in total. The van der Waals surface area contributed by atoms with Crippen molar-refractivity contribution < 1.29 is 39.2 Å². The molecular weight excluding hydrogens is 334 g/mol. The molecule has 0 aliphatic rings. The number of aromatic carboxylic acids is 3. The number of esters is 1. The third kappa shape index (κ3) is 4.10. The zero-order chi connectivity index (χ0) is 18.7. The van der Waals surface area contributed by atoms with Crippen LogP contribution in [0.1, 0.15) is 41.4 Å². The highest BCUT2D eigenvalue weighted by Gasteiger charge is 2.17. The molecule has 0 radical (unpaired) electrons. The molecule has 2 aromatic rings. The Morgan fingerprint density at radius 3 is 1.56 bits per heavy atom. The van der Waals surface area contributed by atoms with E-state index in [1.807, 2.05) is 0 Å². The van der Waals surface area contributed by atoms with Gasteiger partial charge in [-0.05, 0) is 36.4 Å².